The predicted molar refractivity (Wildman–Crippen MR) is 121 cm³/mol. The fourth-order valence-electron chi connectivity index (χ4n) is 3.54. The molecule has 0 saturated carbocycles. The number of rotatable bonds is 7. The van der Waals surface area contributed by atoms with Crippen LogP contribution >= 0.6 is 11.6 Å². The van der Waals surface area contributed by atoms with Crippen LogP contribution in [0.15, 0.2) is 48.7 Å². The standard InChI is InChI=1S/C24H23ClN2O4/c1-14(2)31-24(28)23-18(13-29-3)22-17-10-16(8-9-20(17)27-21(22)11-26-23)30-12-15-6-4-5-7-19(15)25/h4-11,14,27H,12-13H2,1-3H3. The Balaban J connectivity index is 1.77. The molecule has 6 nitrogen and oxygen atoms in total. The summed E-state index contributed by atoms with van der Waals surface area (Å²) in [5.41, 5.74) is 3.57. The van der Waals surface area contributed by atoms with Gasteiger partial charge in [0.25, 0.3) is 0 Å². The number of aromatic amines is 1. The highest BCUT2D eigenvalue weighted by molar-refractivity contribution is 6.31. The van der Waals surface area contributed by atoms with Crippen LogP contribution in [-0.4, -0.2) is 29.2 Å². The molecule has 0 radical (unpaired) electrons. The number of hydrogen-bond donors (Lipinski definition) is 1. The number of aromatic nitrogens is 2. The highest BCUT2D eigenvalue weighted by atomic mass is 35.5. The molecule has 0 aliphatic carbocycles. The number of hydrogen-bond acceptors (Lipinski definition) is 5. The molecule has 2 aromatic heterocycles. The molecule has 31 heavy (non-hydrogen) atoms. The van der Waals surface area contributed by atoms with E-state index in [1.807, 2.05) is 42.5 Å². The van der Waals surface area contributed by atoms with Gasteiger partial charge in [0, 0.05) is 39.5 Å². The van der Waals surface area contributed by atoms with E-state index in [1.165, 1.54) is 0 Å². The van der Waals surface area contributed by atoms with Crippen molar-refractivity contribution in [1.82, 2.24) is 9.97 Å². The van der Waals surface area contributed by atoms with Crippen LogP contribution in [0.25, 0.3) is 21.8 Å². The van der Waals surface area contributed by atoms with E-state index in [-0.39, 0.29) is 18.4 Å². The van der Waals surface area contributed by atoms with Crippen LogP contribution in [0.5, 0.6) is 5.75 Å². The average Bonchev–Trinajstić information content (AvgIpc) is 3.11. The van der Waals surface area contributed by atoms with Gasteiger partial charge in [0.1, 0.15) is 12.4 Å². The Labute approximate surface area is 185 Å². The minimum absolute atomic E-state index is 0.227. The zero-order chi connectivity index (χ0) is 22.0. The number of H-pyrrole nitrogens is 1. The lowest BCUT2D eigenvalue weighted by atomic mass is 10.1. The number of nitrogens with zero attached hydrogens (tertiary/aromatic N) is 1. The van der Waals surface area contributed by atoms with Gasteiger partial charge in [-0.2, -0.15) is 0 Å². The molecule has 4 aromatic rings. The van der Waals surface area contributed by atoms with Crippen LogP contribution in [0, 0.1) is 0 Å². The largest absolute Gasteiger partial charge is 0.489 e. The van der Waals surface area contributed by atoms with Crippen LogP contribution in [0.4, 0.5) is 0 Å². The number of esters is 1. The van der Waals surface area contributed by atoms with Crippen molar-refractivity contribution in [2.24, 2.45) is 0 Å². The maximum atomic E-state index is 12.6. The topological polar surface area (TPSA) is 73.4 Å². The van der Waals surface area contributed by atoms with Crippen LogP contribution in [0.3, 0.4) is 0 Å². The molecule has 2 heterocycles. The second-order valence-corrected chi connectivity index (χ2v) is 7.88. The second-order valence-electron chi connectivity index (χ2n) is 7.47. The fourth-order valence-corrected chi connectivity index (χ4v) is 3.73. The molecule has 0 unspecified atom stereocenters. The molecule has 160 valence electrons. The van der Waals surface area contributed by atoms with Crippen molar-refractivity contribution in [3.8, 4) is 5.75 Å². The summed E-state index contributed by atoms with van der Waals surface area (Å²) in [6.45, 7) is 4.19. The summed E-state index contributed by atoms with van der Waals surface area (Å²) in [6.07, 6.45) is 1.41. The molecule has 7 heteroatoms. The minimum Gasteiger partial charge on any atom is -0.489 e. The Hall–Kier alpha value is -3.09. The molecular weight excluding hydrogens is 416 g/mol. The Morgan fingerprint density at radius 1 is 1.13 bits per heavy atom. The van der Waals surface area contributed by atoms with E-state index < -0.39 is 5.97 Å². The number of benzene rings is 2. The van der Waals surface area contributed by atoms with Gasteiger partial charge < -0.3 is 19.2 Å². The van der Waals surface area contributed by atoms with Crippen LogP contribution < -0.4 is 4.74 Å². The molecule has 0 aliphatic rings. The highest BCUT2D eigenvalue weighted by Gasteiger charge is 2.21. The molecule has 4 rings (SSSR count). The van der Waals surface area contributed by atoms with E-state index in [4.69, 9.17) is 25.8 Å². The Morgan fingerprint density at radius 3 is 2.68 bits per heavy atom. The van der Waals surface area contributed by atoms with Crippen molar-refractivity contribution in [3.63, 3.8) is 0 Å². The van der Waals surface area contributed by atoms with Crippen molar-refractivity contribution in [1.29, 1.82) is 0 Å². The SMILES string of the molecule is COCc1c(C(=O)OC(C)C)ncc2[nH]c3ccc(OCc4ccccc4Cl)cc3c12. The lowest BCUT2D eigenvalue weighted by Gasteiger charge is -2.12. The zero-order valence-electron chi connectivity index (χ0n) is 17.6. The van der Waals surface area contributed by atoms with Gasteiger partial charge in [0.15, 0.2) is 5.69 Å². The van der Waals surface area contributed by atoms with Gasteiger partial charge in [-0.05, 0) is 38.1 Å². The summed E-state index contributed by atoms with van der Waals surface area (Å²) >= 11 is 6.24. The van der Waals surface area contributed by atoms with Crippen molar-refractivity contribution in [2.75, 3.05) is 7.11 Å². The minimum atomic E-state index is -0.468. The van der Waals surface area contributed by atoms with Gasteiger partial charge in [0.05, 0.1) is 24.4 Å². The number of pyridine rings is 1. The highest BCUT2D eigenvalue weighted by Crippen LogP contribution is 2.33. The Bertz CT molecular complexity index is 1250. The summed E-state index contributed by atoms with van der Waals surface area (Å²) in [7, 11) is 1.59. The van der Waals surface area contributed by atoms with Gasteiger partial charge >= 0.3 is 5.97 Å². The summed E-state index contributed by atoms with van der Waals surface area (Å²) in [4.78, 5) is 20.3. The molecule has 1 N–H and O–H groups in total. The number of ether oxygens (including phenoxy) is 3. The van der Waals surface area contributed by atoms with E-state index in [9.17, 15) is 4.79 Å². The van der Waals surface area contributed by atoms with Gasteiger partial charge in [0.2, 0.25) is 0 Å². The molecular formula is C24H23ClN2O4. The fraction of sp³-hybridized carbons (Fsp3) is 0.250. The van der Waals surface area contributed by atoms with Crippen molar-refractivity contribution in [3.05, 3.63) is 70.5 Å². The number of halogens is 1. The summed E-state index contributed by atoms with van der Waals surface area (Å²) in [5.74, 6) is 0.226. The zero-order valence-corrected chi connectivity index (χ0v) is 18.3. The van der Waals surface area contributed by atoms with Gasteiger partial charge in [-0.25, -0.2) is 9.78 Å². The number of fused-ring (bicyclic) bond motifs is 3. The van der Waals surface area contributed by atoms with Crippen LogP contribution in [-0.2, 0) is 22.7 Å². The third-order valence-corrected chi connectivity index (χ3v) is 5.26. The van der Waals surface area contributed by atoms with E-state index in [2.05, 4.69) is 9.97 Å². The van der Waals surface area contributed by atoms with Crippen molar-refractivity contribution >= 4 is 39.4 Å². The number of methoxy groups -OCH3 is 1. The predicted octanol–water partition coefficient (Wildman–Crippen LogP) is 5.66. The summed E-state index contributed by atoms with van der Waals surface area (Å²) in [5, 5.41) is 2.45. The maximum Gasteiger partial charge on any atom is 0.357 e. The number of carbonyl (C=O) groups is 1. The molecule has 0 bridgehead atoms. The van der Waals surface area contributed by atoms with E-state index in [0.717, 1.165) is 27.4 Å². The van der Waals surface area contributed by atoms with Gasteiger partial charge in [-0.15, -0.1) is 0 Å². The number of nitrogens with one attached hydrogen (secondary N) is 1. The molecule has 0 aliphatic heterocycles. The molecule has 0 saturated heterocycles. The first kappa shape index (κ1) is 21.2. The molecule has 2 aromatic carbocycles. The van der Waals surface area contributed by atoms with E-state index >= 15 is 0 Å². The molecule has 0 amide bonds. The summed E-state index contributed by atoms with van der Waals surface area (Å²) < 4.78 is 16.8. The van der Waals surface area contributed by atoms with Crippen molar-refractivity contribution < 1.29 is 19.0 Å². The molecule has 0 atom stereocenters. The Morgan fingerprint density at radius 2 is 1.94 bits per heavy atom. The third kappa shape index (κ3) is 4.36. The smallest absolute Gasteiger partial charge is 0.357 e. The van der Waals surface area contributed by atoms with Gasteiger partial charge in [-0.1, -0.05) is 29.8 Å². The van der Waals surface area contributed by atoms with Crippen molar-refractivity contribution in [2.45, 2.75) is 33.2 Å². The first-order valence-corrected chi connectivity index (χ1v) is 10.3. The normalized spacial score (nSPS) is 11.4. The van der Waals surface area contributed by atoms with Crippen LogP contribution in [0.1, 0.15) is 35.5 Å². The van der Waals surface area contributed by atoms with E-state index in [1.54, 1.807) is 27.2 Å². The maximum absolute atomic E-state index is 12.6. The summed E-state index contributed by atoms with van der Waals surface area (Å²) in [6, 6.07) is 13.4. The quantitative estimate of drug-likeness (QED) is 0.377. The Kier molecular flexibility index (Phi) is 6.11. The van der Waals surface area contributed by atoms with Crippen LogP contribution in [0.2, 0.25) is 5.02 Å². The van der Waals surface area contributed by atoms with Gasteiger partial charge in [-0.3, -0.25) is 0 Å². The first-order chi connectivity index (χ1) is 15.0. The average molecular weight is 439 g/mol. The monoisotopic (exact) mass is 438 g/mol. The lowest BCUT2D eigenvalue weighted by molar-refractivity contribution is 0.0366. The third-order valence-electron chi connectivity index (χ3n) is 4.89. The lowest BCUT2D eigenvalue weighted by Crippen LogP contribution is -2.15. The molecule has 0 spiro atoms. The molecule has 0 fully saturated rings. The second kappa shape index (κ2) is 8.96. The van der Waals surface area contributed by atoms with E-state index in [0.29, 0.717) is 22.9 Å². The first-order valence-electron chi connectivity index (χ1n) is 9.97. The number of carbonyl (C=O) groups excluding carboxylic acids is 1.